The average Bonchev–Trinajstić information content (AvgIpc) is 3.12. The Morgan fingerprint density at radius 3 is 2.56 bits per heavy atom. The molecule has 1 aliphatic heterocycles. The van der Waals surface area contributed by atoms with Gasteiger partial charge in [0, 0.05) is 37.4 Å². The second kappa shape index (κ2) is 9.44. The van der Waals surface area contributed by atoms with E-state index in [0.717, 1.165) is 44.5 Å². The fourth-order valence-corrected chi connectivity index (χ4v) is 2.98. The average molecular weight is 345 g/mol. The van der Waals surface area contributed by atoms with Crippen LogP contribution in [0.1, 0.15) is 63.2 Å². The number of rotatable bonds is 8. The van der Waals surface area contributed by atoms with E-state index >= 15 is 0 Å². The molecule has 1 aromatic carbocycles. The molecule has 1 fully saturated rings. The Kier molecular flexibility index (Phi) is 7.29. The number of amides is 2. The van der Waals surface area contributed by atoms with E-state index in [4.69, 9.17) is 0 Å². The quantitative estimate of drug-likeness (QED) is 0.753. The molecule has 2 amide bonds. The number of unbranched alkanes of at least 4 members (excludes halogenated alkanes) is 1. The lowest BCUT2D eigenvalue weighted by atomic mass is 10.1. The number of hydrogen-bond acceptors (Lipinski definition) is 3. The molecule has 1 heterocycles. The van der Waals surface area contributed by atoms with Crippen LogP contribution in [0, 0.1) is 5.92 Å². The van der Waals surface area contributed by atoms with Gasteiger partial charge in [-0.2, -0.15) is 0 Å². The Labute approximate surface area is 151 Å². The first-order chi connectivity index (χ1) is 12.0. The fourth-order valence-electron chi connectivity index (χ4n) is 2.98. The van der Waals surface area contributed by atoms with Crippen LogP contribution in [0.3, 0.4) is 0 Å². The highest BCUT2D eigenvalue weighted by Crippen LogP contribution is 2.27. The van der Waals surface area contributed by atoms with Crippen LogP contribution in [0.2, 0.25) is 0 Å². The third kappa shape index (κ3) is 5.76. The van der Waals surface area contributed by atoms with Gasteiger partial charge in [0.15, 0.2) is 0 Å². The maximum Gasteiger partial charge on any atom is 0.253 e. The SMILES string of the molecule is CCCCC(=O)Nc1ccc(N2CCCC2)c(C(=O)NCC(C)C)c1. The first-order valence-electron chi connectivity index (χ1n) is 9.48. The fraction of sp³-hybridized carbons (Fsp3) is 0.600. The van der Waals surface area contributed by atoms with Gasteiger partial charge < -0.3 is 15.5 Å². The number of nitrogens with one attached hydrogen (secondary N) is 2. The minimum Gasteiger partial charge on any atom is -0.371 e. The zero-order chi connectivity index (χ0) is 18.2. The first kappa shape index (κ1) is 19.3. The summed E-state index contributed by atoms with van der Waals surface area (Å²) in [5, 5.41) is 5.92. The van der Waals surface area contributed by atoms with Gasteiger partial charge in [0.1, 0.15) is 0 Å². The predicted octanol–water partition coefficient (Wildman–Crippen LogP) is 3.80. The lowest BCUT2D eigenvalue weighted by Crippen LogP contribution is -2.30. The van der Waals surface area contributed by atoms with E-state index in [1.807, 2.05) is 18.2 Å². The van der Waals surface area contributed by atoms with Crippen LogP contribution in [-0.2, 0) is 4.79 Å². The largest absolute Gasteiger partial charge is 0.371 e. The zero-order valence-electron chi connectivity index (χ0n) is 15.7. The smallest absolute Gasteiger partial charge is 0.253 e. The van der Waals surface area contributed by atoms with Gasteiger partial charge in [-0.25, -0.2) is 0 Å². The van der Waals surface area contributed by atoms with Gasteiger partial charge in [-0.3, -0.25) is 9.59 Å². The van der Waals surface area contributed by atoms with Crippen LogP contribution in [0.15, 0.2) is 18.2 Å². The Balaban J connectivity index is 2.19. The minimum atomic E-state index is -0.0692. The van der Waals surface area contributed by atoms with Crippen molar-refractivity contribution >= 4 is 23.2 Å². The molecule has 0 unspecified atom stereocenters. The van der Waals surface area contributed by atoms with E-state index in [1.165, 1.54) is 0 Å². The van der Waals surface area contributed by atoms with Gasteiger partial charge in [-0.1, -0.05) is 27.2 Å². The third-order valence-electron chi connectivity index (χ3n) is 4.40. The van der Waals surface area contributed by atoms with Crippen molar-refractivity contribution in [3.05, 3.63) is 23.8 Å². The number of carbonyl (C=O) groups is 2. The summed E-state index contributed by atoms with van der Waals surface area (Å²) in [6.45, 7) is 8.82. The van der Waals surface area contributed by atoms with Crippen molar-refractivity contribution in [1.82, 2.24) is 5.32 Å². The van der Waals surface area contributed by atoms with E-state index in [1.54, 1.807) is 0 Å². The van der Waals surface area contributed by atoms with Gasteiger partial charge in [0.05, 0.1) is 5.56 Å². The van der Waals surface area contributed by atoms with Crippen LogP contribution in [0.5, 0.6) is 0 Å². The van der Waals surface area contributed by atoms with E-state index in [0.29, 0.717) is 30.1 Å². The summed E-state index contributed by atoms with van der Waals surface area (Å²) in [6.07, 6.45) is 4.69. The molecule has 138 valence electrons. The monoisotopic (exact) mass is 345 g/mol. The summed E-state index contributed by atoms with van der Waals surface area (Å²) >= 11 is 0. The van der Waals surface area contributed by atoms with E-state index in [9.17, 15) is 9.59 Å². The van der Waals surface area contributed by atoms with Crippen LogP contribution in [-0.4, -0.2) is 31.4 Å². The second-order valence-corrected chi connectivity index (χ2v) is 7.18. The maximum absolute atomic E-state index is 12.7. The van der Waals surface area contributed by atoms with E-state index in [-0.39, 0.29) is 11.8 Å². The minimum absolute atomic E-state index is 0.00399. The third-order valence-corrected chi connectivity index (χ3v) is 4.40. The normalized spacial score (nSPS) is 14.0. The molecule has 0 aromatic heterocycles. The van der Waals surface area contributed by atoms with Crippen molar-refractivity contribution in [2.75, 3.05) is 29.9 Å². The topological polar surface area (TPSA) is 61.4 Å². The highest BCUT2D eigenvalue weighted by atomic mass is 16.2. The molecule has 2 rings (SSSR count). The molecule has 1 aliphatic rings. The van der Waals surface area contributed by atoms with E-state index in [2.05, 4.69) is 36.3 Å². The van der Waals surface area contributed by atoms with Crippen molar-refractivity contribution < 1.29 is 9.59 Å². The molecule has 5 nitrogen and oxygen atoms in total. The lowest BCUT2D eigenvalue weighted by molar-refractivity contribution is -0.116. The van der Waals surface area contributed by atoms with Gasteiger partial charge >= 0.3 is 0 Å². The van der Waals surface area contributed by atoms with Gasteiger partial charge in [0.2, 0.25) is 5.91 Å². The molecule has 1 aromatic rings. The van der Waals surface area contributed by atoms with Crippen molar-refractivity contribution in [1.29, 1.82) is 0 Å². The summed E-state index contributed by atoms with van der Waals surface area (Å²) in [5.74, 6) is 0.334. The number of anilines is 2. The summed E-state index contributed by atoms with van der Waals surface area (Å²) in [6, 6.07) is 5.68. The number of benzene rings is 1. The number of nitrogens with zero attached hydrogens (tertiary/aromatic N) is 1. The zero-order valence-corrected chi connectivity index (χ0v) is 15.7. The summed E-state index contributed by atoms with van der Waals surface area (Å²) in [5.41, 5.74) is 2.31. The first-order valence-corrected chi connectivity index (χ1v) is 9.48. The van der Waals surface area contributed by atoms with Gasteiger partial charge in [0.25, 0.3) is 5.91 Å². The van der Waals surface area contributed by atoms with Crippen LogP contribution < -0.4 is 15.5 Å². The molecule has 0 saturated carbocycles. The van der Waals surface area contributed by atoms with Gasteiger partial charge in [-0.05, 0) is 43.4 Å². The number of carbonyl (C=O) groups excluding carboxylic acids is 2. The summed E-state index contributed by atoms with van der Waals surface area (Å²) in [7, 11) is 0. The maximum atomic E-state index is 12.7. The van der Waals surface area contributed by atoms with E-state index < -0.39 is 0 Å². The second-order valence-electron chi connectivity index (χ2n) is 7.18. The predicted molar refractivity (Wildman–Crippen MR) is 103 cm³/mol. The molecule has 0 bridgehead atoms. The van der Waals surface area contributed by atoms with Crippen LogP contribution in [0.25, 0.3) is 0 Å². The number of hydrogen-bond donors (Lipinski definition) is 2. The molecule has 5 heteroatoms. The molecular weight excluding hydrogens is 314 g/mol. The van der Waals surface area contributed by atoms with Crippen molar-refractivity contribution in [3.8, 4) is 0 Å². The molecule has 0 aliphatic carbocycles. The molecular formula is C20H31N3O2. The Bertz CT molecular complexity index is 593. The Hall–Kier alpha value is -2.04. The molecule has 0 radical (unpaired) electrons. The van der Waals surface area contributed by atoms with Gasteiger partial charge in [-0.15, -0.1) is 0 Å². The molecule has 0 atom stereocenters. The molecule has 2 N–H and O–H groups in total. The standard InChI is InChI=1S/C20H31N3O2/c1-4-5-8-19(24)22-16-9-10-18(23-11-6-7-12-23)17(13-16)20(25)21-14-15(2)3/h9-10,13,15H,4-8,11-12,14H2,1-3H3,(H,21,25)(H,22,24). The van der Waals surface area contributed by atoms with Crippen molar-refractivity contribution in [2.45, 2.75) is 52.9 Å². The molecule has 0 spiro atoms. The summed E-state index contributed by atoms with van der Waals surface area (Å²) in [4.78, 5) is 26.9. The van der Waals surface area contributed by atoms with Crippen LogP contribution in [0.4, 0.5) is 11.4 Å². The lowest BCUT2D eigenvalue weighted by Gasteiger charge is -2.22. The molecule has 1 saturated heterocycles. The highest BCUT2D eigenvalue weighted by Gasteiger charge is 2.20. The Morgan fingerprint density at radius 2 is 1.92 bits per heavy atom. The highest BCUT2D eigenvalue weighted by molar-refractivity contribution is 6.02. The van der Waals surface area contributed by atoms with Crippen molar-refractivity contribution in [2.24, 2.45) is 5.92 Å². The van der Waals surface area contributed by atoms with Crippen molar-refractivity contribution in [3.63, 3.8) is 0 Å². The Morgan fingerprint density at radius 1 is 1.20 bits per heavy atom. The van der Waals surface area contributed by atoms with Crippen LogP contribution >= 0.6 is 0 Å². The molecule has 25 heavy (non-hydrogen) atoms. The summed E-state index contributed by atoms with van der Waals surface area (Å²) < 4.78 is 0.